The van der Waals surface area contributed by atoms with Crippen LogP contribution in [0.15, 0.2) is 22.7 Å². The summed E-state index contributed by atoms with van der Waals surface area (Å²) >= 11 is 3.16. The molecule has 1 aromatic rings. The predicted molar refractivity (Wildman–Crippen MR) is 77.9 cm³/mol. The molecule has 104 valence electrons. The highest BCUT2D eigenvalue weighted by Crippen LogP contribution is 2.38. The van der Waals surface area contributed by atoms with Crippen molar-refractivity contribution in [3.05, 3.63) is 34.1 Å². The Balaban J connectivity index is 2.36. The molecule has 2 rings (SSSR count). The Bertz CT molecular complexity index is 464. The maximum atomic E-state index is 14.1. The average Bonchev–Trinajstić information content (AvgIpc) is 2.42. The molecule has 2 nitrogen and oxygen atoms in total. The number of hydrogen-bond donors (Lipinski definition) is 1. The van der Waals surface area contributed by atoms with E-state index in [1.54, 1.807) is 18.2 Å². The number of benzene rings is 1. The first-order chi connectivity index (χ1) is 9.10. The van der Waals surface area contributed by atoms with E-state index in [4.69, 9.17) is 0 Å². The van der Waals surface area contributed by atoms with E-state index in [2.05, 4.69) is 28.2 Å². The fourth-order valence-corrected chi connectivity index (χ4v) is 3.31. The van der Waals surface area contributed by atoms with Crippen LogP contribution < -0.4 is 5.32 Å². The summed E-state index contributed by atoms with van der Waals surface area (Å²) in [4.78, 5) is 12.8. The molecule has 0 atom stereocenters. The lowest BCUT2D eigenvalue weighted by atomic mass is 9.70. The Kier molecular flexibility index (Phi) is 4.74. The molecule has 1 aliphatic rings. The molecule has 1 fully saturated rings. The third-order valence-electron chi connectivity index (χ3n) is 3.97. The number of rotatable bonds is 4. The van der Waals surface area contributed by atoms with Gasteiger partial charge >= 0.3 is 0 Å². The minimum absolute atomic E-state index is 0.0327. The highest BCUT2D eigenvalue weighted by molar-refractivity contribution is 9.10. The molecule has 0 aliphatic carbocycles. The van der Waals surface area contributed by atoms with Crippen LogP contribution in [0.2, 0.25) is 0 Å². The third-order valence-corrected chi connectivity index (χ3v) is 4.58. The van der Waals surface area contributed by atoms with E-state index in [-0.39, 0.29) is 16.8 Å². The molecule has 1 N–H and O–H groups in total. The van der Waals surface area contributed by atoms with Crippen molar-refractivity contribution in [2.24, 2.45) is 5.41 Å². The number of hydrogen-bond acceptors (Lipinski definition) is 2. The summed E-state index contributed by atoms with van der Waals surface area (Å²) in [7, 11) is 0. The van der Waals surface area contributed by atoms with E-state index in [1.165, 1.54) is 0 Å². The van der Waals surface area contributed by atoms with Crippen molar-refractivity contribution in [1.82, 2.24) is 5.32 Å². The third kappa shape index (κ3) is 2.90. The van der Waals surface area contributed by atoms with Crippen LogP contribution in [0, 0.1) is 11.2 Å². The number of halogens is 2. The van der Waals surface area contributed by atoms with Crippen molar-refractivity contribution in [2.75, 3.05) is 13.1 Å². The lowest BCUT2D eigenvalue weighted by Crippen LogP contribution is -2.42. The first-order valence-corrected chi connectivity index (χ1v) is 7.59. The van der Waals surface area contributed by atoms with Crippen molar-refractivity contribution < 1.29 is 9.18 Å². The van der Waals surface area contributed by atoms with E-state index >= 15 is 0 Å². The summed E-state index contributed by atoms with van der Waals surface area (Å²) in [5.74, 6) is -0.462. The Morgan fingerprint density at radius 1 is 1.42 bits per heavy atom. The van der Waals surface area contributed by atoms with Gasteiger partial charge in [-0.15, -0.1) is 0 Å². The molecule has 0 saturated carbocycles. The van der Waals surface area contributed by atoms with Crippen molar-refractivity contribution >= 4 is 21.7 Å². The van der Waals surface area contributed by atoms with Gasteiger partial charge in [0.1, 0.15) is 5.82 Å². The van der Waals surface area contributed by atoms with E-state index < -0.39 is 5.82 Å². The predicted octanol–water partition coefficient (Wildman–Crippen LogP) is 3.94. The normalized spacial score (nSPS) is 18.3. The van der Waals surface area contributed by atoms with Gasteiger partial charge in [-0.2, -0.15) is 0 Å². The van der Waals surface area contributed by atoms with E-state index in [0.29, 0.717) is 4.47 Å². The zero-order valence-electron chi connectivity index (χ0n) is 11.1. The summed E-state index contributed by atoms with van der Waals surface area (Å²) in [6, 6.07) is 4.95. The molecule has 4 heteroatoms. The molecule has 0 spiro atoms. The Hall–Kier alpha value is -0.740. The molecule has 0 radical (unpaired) electrons. The minimum Gasteiger partial charge on any atom is -0.317 e. The van der Waals surface area contributed by atoms with Gasteiger partial charge in [0, 0.05) is 5.41 Å². The summed E-state index contributed by atoms with van der Waals surface area (Å²) in [5, 5.41) is 3.28. The van der Waals surface area contributed by atoms with Gasteiger partial charge in [-0.05, 0) is 60.4 Å². The minimum atomic E-state index is -0.429. The fraction of sp³-hybridized carbons (Fsp3) is 0.533. The highest BCUT2D eigenvalue weighted by Gasteiger charge is 2.40. The number of piperidine rings is 1. The maximum absolute atomic E-state index is 14.1. The number of ketones is 1. The molecule has 1 saturated heterocycles. The van der Waals surface area contributed by atoms with Gasteiger partial charge in [0.2, 0.25) is 0 Å². The lowest BCUT2D eigenvalue weighted by molar-refractivity contribution is 0.0699. The molecule has 1 heterocycles. The van der Waals surface area contributed by atoms with E-state index in [0.717, 1.165) is 38.8 Å². The average molecular weight is 328 g/mol. The zero-order chi connectivity index (χ0) is 13.9. The standard InChI is InChI=1S/C15H19BrFNO/c1-2-6-15(7-9-18-10-8-15)14(19)11-4-3-5-12(16)13(11)17/h3-5,18H,2,6-10H2,1H3. The summed E-state index contributed by atoms with van der Waals surface area (Å²) in [5.41, 5.74) is -0.161. The summed E-state index contributed by atoms with van der Waals surface area (Å²) in [6.07, 6.45) is 3.37. The van der Waals surface area contributed by atoms with Gasteiger partial charge < -0.3 is 5.32 Å². The largest absolute Gasteiger partial charge is 0.317 e. The van der Waals surface area contributed by atoms with Gasteiger partial charge in [-0.3, -0.25) is 4.79 Å². The first-order valence-electron chi connectivity index (χ1n) is 6.80. The molecule has 0 bridgehead atoms. The SMILES string of the molecule is CCCC1(C(=O)c2cccc(Br)c2F)CCNCC1. The van der Waals surface area contributed by atoms with Gasteiger partial charge in [0.25, 0.3) is 0 Å². The van der Waals surface area contributed by atoms with Crippen LogP contribution in [-0.4, -0.2) is 18.9 Å². The maximum Gasteiger partial charge on any atom is 0.172 e. The monoisotopic (exact) mass is 327 g/mol. The number of nitrogens with one attached hydrogen (secondary N) is 1. The van der Waals surface area contributed by atoms with Crippen LogP contribution in [0.5, 0.6) is 0 Å². The lowest BCUT2D eigenvalue weighted by Gasteiger charge is -2.36. The van der Waals surface area contributed by atoms with Crippen LogP contribution in [0.1, 0.15) is 43.0 Å². The van der Waals surface area contributed by atoms with Crippen LogP contribution in [-0.2, 0) is 0 Å². The molecule has 1 aliphatic heterocycles. The molecular formula is C15H19BrFNO. The van der Waals surface area contributed by atoms with Gasteiger partial charge in [-0.1, -0.05) is 19.4 Å². The topological polar surface area (TPSA) is 29.1 Å². The van der Waals surface area contributed by atoms with Crippen LogP contribution in [0.3, 0.4) is 0 Å². The van der Waals surface area contributed by atoms with Crippen molar-refractivity contribution in [3.8, 4) is 0 Å². The van der Waals surface area contributed by atoms with Crippen LogP contribution in [0.4, 0.5) is 4.39 Å². The first kappa shape index (κ1) is 14.7. The smallest absolute Gasteiger partial charge is 0.172 e. The van der Waals surface area contributed by atoms with Crippen LogP contribution >= 0.6 is 15.9 Å². The summed E-state index contributed by atoms with van der Waals surface area (Å²) < 4.78 is 14.5. The molecule has 1 aromatic carbocycles. The highest BCUT2D eigenvalue weighted by atomic mass is 79.9. The number of carbonyl (C=O) groups excluding carboxylic acids is 1. The zero-order valence-corrected chi connectivity index (χ0v) is 12.7. The van der Waals surface area contributed by atoms with Gasteiger partial charge in [0.05, 0.1) is 10.0 Å². The van der Waals surface area contributed by atoms with Crippen LogP contribution in [0.25, 0.3) is 0 Å². The van der Waals surface area contributed by atoms with Gasteiger partial charge in [0.15, 0.2) is 5.78 Å². The molecule has 0 amide bonds. The molecule has 0 aromatic heterocycles. The van der Waals surface area contributed by atoms with Crippen molar-refractivity contribution in [3.63, 3.8) is 0 Å². The fourth-order valence-electron chi connectivity index (χ4n) is 2.94. The Morgan fingerprint density at radius 3 is 2.74 bits per heavy atom. The molecular weight excluding hydrogens is 309 g/mol. The second-order valence-electron chi connectivity index (χ2n) is 5.21. The molecule has 0 unspecified atom stereocenters. The summed E-state index contributed by atoms with van der Waals surface area (Å²) in [6.45, 7) is 3.75. The second kappa shape index (κ2) is 6.14. The quantitative estimate of drug-likeness (QED) is 0.848. The molecule has 19 heavy (non-hydrogen) atoms. The Morgan fingerprint density at radius 2 is 2.11 bits per heavy atom. The van der Waals surface area contributed by atoms with Crippen molar-refractivity contribution in [2.45, 2.75) is 32.6 Å². The number of Topliss-reactive ketones (excluding diaryl/α,β-unsaturated/α-hetero) is 1. The van der Waals surface area contributed by atoms with Gasteiger partial charge in [-0.25, -0.2) is 4.39 Å². The van der Waals surface area contributed by atoms with Crippen molar-refractivity contribution in [1.29, 1.82) is 0 Å². The van der Waals surface area contributed by atoms with E-state index in [1.807, 2.05) is 0 Å². The van der Waals surface area contributed by atoms with E-state index in [9.17, 15) is 9.18 Å². The second-order valence-corrected chi connectivity index (χ2v) is 6.07. The number of carbonyl (C=O) groups is 1. The Labute approximate surface area is 121 Å².